The van der Waals surface area contributed by atoms with Crippen LogP contribution in [0.1, 0.15) is 12.0 Å². The van der Waals surface area contributed by atoms with Crippen molar-refractivity contribution in [3.05, 3.63) is 84.4 Å². The predicted molar refractivity (Wildman–Crippen MR) is 109 cm³/mol. The maximum absolute atomic E-state index is 12.8. The van der Waals surface area contributed by atoms with Crippen LogP contribution in [0.5, 0.6) is 11.5 Å². The lowest BCUT2D eigenvalue weighted by Crippen LogP contribution is -2.34. The van der Waals surface area contributed by atoms with E-state index >= 15 is 0 Å². The van der Waals surface area contributed by atoms with Gasteiger partial charge in [0.15, 0.2) is 0 Å². The molecule has 0 aliphatic carbocycles. The Kier molecular flexibility index (Phi) is 4.81. The van der Waals surface area contributed by atoms with Gasteiger partial charge in [0, 0.05) is 5.69 Å². The number of nitrogens with one attached hydrogen (secondary N) is 1. The Morgan fingerprint density at radius 2 is 1.61 bits per heavy atom. The van der Waals surface area contributed by atoms with E-state index in [1.54, 1.807) is 6.07 Å². The number of nitrogens with zero attached hydrogens (tertiary/aromatic N) is 1. The number of para-hydroxylation sites is 1. The molecule has 2 amide bonds. The number of carbonyl (C=O) groups excluding carboxylic acids is 2. The number of benzene rings is 3. The third-order valence-electron chi connectivity index (χ3n) is 4.58. The van der Waals surface area contributed by atoms with E-state index in [4.69, 9.17) is 4.74 Å². The van der Waals surface area contributed by atoms with E-state index in [0.29, 0.717) is 11.4 Å². The van der Waals surface area contributed by atoms with E-state index in [2.05, 4.69) is 5.32 Å². The number of ether oxygens (including phenoxy) is 1. The molecule has 0 bridgehead atoms. The third kappa shape index (κ3) is 3.74. The smallest absolute Gasteiger partial charge is 0.256 e. The fraction of sp³-hybridized carbons (Fsp3) is 0.130. The zero-order valence-corrected chi connectivity index (χ0v) is 15.5. The molecule has 3 aromatic carbocycles. The van der Waals surface area contributed by atoms with Crippen LogP contribution in [-0.4, -0.2) is 17.9 Å². The van der Waals surface area contributed by atoms with Crippen molar-refractivity contribution in [2.45, 2.75) is 19.4 Å². The lowest BCUT2D eigenvalue weighted by atomic mass is 10.2. The Morgan fingerprint density at radius 3 is 2.32 bits per heavy atom. The van der Waals surface area contributed by atoms with Gasteiger partial charge in [0.1, 0.15) is 17.5 Å². The van der Waals surface area contributed by atoms with E-state index in [0.717, 1.165) is 17.0 Å². The van der Waals surface area contributed by atoms with Crippen molar-refractivity contribution in [1.29, 1.82) is 0 Å². The molecule has 5 nitrogen and oxygen atoms in total. The van der Waals surface area contributed by atoms with E-state index < -0.39 is 6.04 Å². The van der Waals surface area contributed by atoms with Gasteiger partial charge in [-0.3, -0.25) is 9.59 Å². The quantitative estimate of drug-likeness (QED) is 0.669. The Morgan fingerprint density at radius 1 is 0.893 bits per heavy atom. The van der Waals surface area contributed by atoms with Crippen molar-refractivity contribution < 1.29 is 14.3 Å². The second-order valence-electron chi connectivity index (χ2n) is 6.75. The van der Waals surface area contributed by atoms with E-state index in [9.17, 15) is 9.59 Å². The summed E-state index contributed by atoms with van der Waals surface area (Å²) < 4.78 is 5.77. The zero-order chi connectivity index (χ0) is 19.5. The average molecular weight is 372 g/mol. The van der Waals surface area contributed by atoms with Crippen LogP contribution in [0.4, 0.5) is 11.4 Å². The molecule has 1 aliphatic heterocycles. The fourth-order valence-electron chi connectivity index (χ4n) is 3.23. The molecule has 5 heteroatoms. The summed E-state index contributed by atoms with van der Waals surface area (Å²) in [6.07, 6.45) is 0.134. The summed E-state index contributed by atoms with van der Waals surface area (Å²) in [6.45, 7) is 1.93. The SMILES string of the molecule is Cc1cccc(N2C(=O)C[C@@H](Nc3ccc(Oc4ccccc4)cc3)C2=O)c1. The number of imide groups is 1. The second kappa shape index (κ2) is 7.56. The Bertz CT molecular complexity index is 1000. The largest absolute Gasteiger partial charge is 0.457 e. The summed E-state index contributed by atoms with van der Waals surface area (Å²) in [7, 11) is 0. The van der Waals surface area contributed by atoms with Crippen LogP contribution in [-0.2, 0) is 9.59 Å². The fourth-order valence-corrected chi connectivity index (χ4v) is 3.23. The van der Waals surface area contributed by atoms with Crippen molar-refractivity contribution in [1.82, 2.24) is 0 Å². The second-order valence-corrected chi connectivity index (χ2v) is 6.75. The third-order valence-corrected chi connectivity index (χ3v) is 4.58. The van der Waals surface area contributed by atoms with Gasteiger partial charge in [-0.25, -0.2) is 4.90 Å². The van der Waals surface area contributed by atoms with E-state index in [-0.39, 0.29) is 18.2 Å². The van der Waals surface area contributed by atoms with E-state index in [1.807, 2.05) is 79.7 Å². The van der Waals surface area contributed by atoms with Crippen molar-refractivity contribution in [3.63, 3.8) is 0 Å². The lowest BCUT2D eigenvalue weighted by molar-refractivity contribution is -0.121. The minimum atomic E-state index is -0.575. The van der Waals surface area contributed by atoms with Gasteiger partial charge < -0.3 is 10.1 Å². The summed E-state index contributed by atoms with van der Waals surface area (Å²) in [5, 5.41) is 3.16. The van der Waals surface area contributed by atoms with Gasteiger partial charge in [-0.1, -0.05) is 30.3 Å². The van der Waals surface area contributed by atoms with Gasteiger partial charge in [-0.15, -0.1) is 0 Å². The maximum atomic E-state index is 12.8. The number of aryl methyl sites for hydroxylation is 1. The number of hydrogen-bond donors (Lipinski definition) is 1. The van der Waals surface area contributed by atoms with E-state index in [1.165, 1.54) is 4.90 Å². The van der Waals surface area contributed by atoms with Crippen LogP contribution in [0.15, 0.2) is 78.9 Å². The van der Waals surface area contributed by atoms with Crippen LogP contribution < -0.4 is 15.0 Å². The summed E-state index contributed by atoms with van der Waals surface area (Å²) in [4.78, 5) is 26.4. The van der Waals surface area contributed by atoms with Crippen molar-refractivity contribution >= 4 is 23.2 Å². The minimum Gasteiger partial charge on any atom is -0.457 e. The molecule has 140 valence electrons. The molecule has 1 N–H and O–H groups in total. The lowest BCUT2D eigenvalue weighted by Gasteiger charge is -2.16. The van der Waals surface area contributed by atoms with Gasteiger partial charge >= 0.3 is 0 Å². The first-order valence-electron chi connectivity index (χ1n) is 9.13. The number of carbonyl (C=O) groups is 2. The first kappa shape index (κ1) is 17.8. The van der Waals surface area contributed by atoms with Crippen LogP contribution in [0, 0.1) is 6.92 Å². The van der Waals surface area contributed by atoms with Crippen LogP contribution >= 0.6 is 0 Å². The molecule has 0 unspecified atom stereocenters. The molecule has 1 heterocycles. The summed E-state index contributed by atoms with van der Waals surface area (Å²) >= 11 is 0. The highest BCUT2D eigenvalue weighted by atomic mass is 16.5. The predicted octanol–water partition coefficient (Wildman–Crippen LogP) is 4.53. The molecule has 3 aromatic rings. The van der Waals surface area contributed by atoms with Gasteiger partial charge in [-0.2, -0.15) is 0 Å². The molecule has 0 saturated carbocycles. The summed E-state index contributed by atoms with van der Waals surface area (Å²) in [5.74, 6) is 1.03. The Labute approximate surface area is 163 Å². The van der Waals surface area contributed by atoms with Gasteiger partial charge in [0.2, 0.25) is 5.91 Å². The maximum Gasteiger partial charge on any atom is 0.256 e. The van der Waals surface area contributed by atoms with Crippen LogP contribution in [0.3, 0.4) is 0 Å². The average Bonchev–Trinajstić information content (AvgIpc) is 2.97. The van der Waals surface area contributed by atoms with Gasteiger partial charge in [-0.05, 0) is 61.0 Å². The molecule has 1 aliphatic rings. The van der Waals surface area contributed by atoms with Gasteiger partial charge in [0.25, 0.3) is 5.91 Å². The highest BCUT2D eigenvalue weighted by Gasteiger charge is 2.39. The van der Waals surface area contributed by atoms with Crippen molar-refractivity contribution in [3.8, 4) is 11.5 Å². The highest BCUT2D eigenvalue weighted by molar-refractivity contribution is 6.23. The highest BCUT2D eigenvalue weighted by Crippen LogP contribution is 2.27. The standard InChI is InChI=1S/C23H20N2O3/c1-16-6-5-7-18(14-16)25-22(26)15-21(23(25)27)24-17-10-12-20(13-11-17)28-19-8-3-2-4-9-19/h2-14,21,24H,15H2,1H3/t21-/m1/s1. The van der Waals surface area contributed by atoms with Crippen molar-refractivity contribution in [2.24, 2.45) is 0 Å². The molecule has 4 rings (SSSR count). The summed E-state index contributed by atoms with van der Waals surface area (Å²) in [5.41, 5.74) is 2.38. The van der Waals surface area contributed by atoms with Crippen molar-refractivity contribution in [2.75, 3.05) is 10.2 Å². The zero-order valence-electron chi connectivity index (χ0n) is 15.5. The number of anilines is 2. The molecular formula is C23H20N2O3. The Balaban J connectivity index is 1.44. The molecule has 0 aromatic heterocycles. The minimum absolute atomic E-state index is 0.134. The molecule has 1 saturated heterocycles. The first-order chi connectivity index (χ1) is 13.6. The normalized spacial score (nSPS) is 16.3. The molecule has 1 atom stereocenters. The number of rotatable bonds is 5. The molecular weight excluding hydrogens is 352 g/mol. The van der Waals surface area contributed by atoms with Gasteiger partial charge in [0.05, 0.1) is 12.1 Å². The van der Waals surface area contributed by atoms with Crippen LogP contribution in [0.25, 0.3) is 0 Å². The topological polar surface area (TPSA) is 58.6 Å². The number of amides is 2. The monoisotopic (exact) mass is 372 g/mol. The molecule has 1 fully saturated rings. The number of hydrogen-bond acceptors (Lipinski definition) is 4. The molecule has 0 spiro atoms. The Hall–Kier alpha value is -3.60. The summed E-state index contributed by atoms with van der Waals surface area (Å²) in [6, 6.07) is 23.7. The van der Waals surface area contributed by atoms with Crippen LogP contribution in [0.2, 0.25) is 0 Å². The molecule has 28 heavy (non-hydrogen) atoms. The molecule has 0 radical (unpaired) electrons. The first-order valence-corrected chi connectivity index (χ1v) is 9.13.